The number of rotatable bonds is 8. The maximum absolute atomic E-state index is 9.14. The fourth-order valence-electron chi connectivity index (χ4n) is 3.21. The molecule has 0 spiro atoms. The number of hydrogen-bond donors (Lipinski definition) is 3. The summed E-state index contributed by atoms with van der Waals surface area (Å²) < 4.78 is 0. The van der Waals surface area contributed by atoms with E-state index in [1.54, 1.807) is 0 Å². The molecule has 3 aromatic rings. The van der Waals surface area contributed by atoms with Crippen LogP contribution in [-0.2, 0) is 6.54 Å². The maximum atomic E-state index is 9.14. The van der Waals surface area contributed by atoms with E-state index in [2.05, 4.69) is 60.8 Å². The Kier molecular flexibility index (Phi) is 7.62. The van der Waals surface area contributed by atoms with Crippen LogP contribution >= 0.6 is 11.6 Å². The highest BCUT2D eigenvalue weighted by Gasteiger charge is 2.07. The minimum absolute atomic E-state index is 0.105. The van der Waals surface area contributed by atoms with Crippen molar-refractivity contribution in [3.63, 3.8) is 0 Å². The second kappa shape index (κ2) is 10.4. The van der Waals surface area contributed by atoms with Crippen LogP contribution in [0, 0.1) is 6.92 Å². The van der Waals surface area contributed by atoms with Crippen molar-refractivity contribution in [1.82, 2.24) is 5.32 Å². The molecule has 0 atom stereocenters. The number of nitrogens with one attached hydrogen (secondary N) is 1. The number of aliphatic hydroxyl groups is 2. The van der Waals surface area contributed by atoms with Crippen molar-refractivity contribution in [2.45, 2.75) is 19.5 Å². The third-order valence-corrected chi connectivity index (χ3v) is 5.33. The highest BCUT2D eigenvalue weighted by molar-refractivity contribution is 6.32. The van der Waals surface area contributed by atoms with E-state index in [9.17, 15) is 0 Å². The van der Waals surface area contributed by atoms with E-state index < -0.39 is 0 Å². The molecule has 0 aliphatic carbocycles. The van der Waals surface area contributed by atoms with Gasteiger partial charge in [-0.15, -0.1) is 0 Å². The molecule has 0 aromatic heterocycles. The molecule has 0 saturated heterocycles. The van der Waals surface area contributed by atoms with Crippen LogP contribution in [0.4, 0.5) is 0 Å². The first-order valence-corrected chi connectivity index (χ1v) is 10.1. The number of benzene rings is 3. The van der Waals surface area contributed by atoms with Gasteiger partial charge in [-0.1, -0.05) is 84.4 Å². The average Bonchev–Trinajstić information content (AvgIpc) is 2.75. The van der Waals surface area contributed by atoms with E-state index in [-0.39, 0.29) is 19.3 Å². The Balaban J connectivity index is 1.76. The largest absolute Gasteiger partial charge is 0.395 e. The van der Waals surface area contributed by atoms with Crippen LogP contribution in [0.15, 0.2) is 66.7 Å². The Morgan fingerprint density at radius 1 is 0.897 bits per heavy atom. The van der Waals surface area contributed by atoms with E-state index >= 15 is 0 Å². The summed E-state index contributed by atoms with van der Waals surface area (Å²) in [5, 5.41) is 22.0. The number of halogens is 1. The lowest BCUT2D eigenvalue weighted by atomic mass is 9.96. The first-order valence-electron chi connectivity index (χ1n) is 9.69. The SMILES string of the molecule is Cc1c(/C=C/c2ccc(CNC(CO)CO)cc2Cl)cccc1-c1ccccc1. The zero-order valence-corrected chi connectivity index (χ0v) is 17.2. The van der Waals surface area contributed by atoms with Gasteiger partial charge in [0.25, 0.3) is 0 Å². The lowest BCUT2D eigenvalue weighted by Gasteiger charge is -2.13. The van der Waals surface area contributed by atoms with Crippen LogP contribution in [0.3, 0.4) is 0 Å². The second-order valence-electron chi connectivity index (χ2n) is 7.02. The maximum Gasteiger partial charge on any atom is 0.0607 e. The van der Waals surface area contributed by atoms with Crippen molar-refractivity contribution in [2.24, 2.45) is 0 Å². The van der Waals surface area contributed by atoms with Gasteiger partial charge >= 0.3 is 0 Å². The molecule has 0 saturated carbocycles. The molecular weight excluding hydrogens is 382 g/mol. The zero-order valence-electron chi connectivity index (χ0n) is 16.5. The van der Waals surface area contributed by atoms with Gasteiger partial charge in [-0.25, -0.2) is 0 Å². The fourth-order valence-corrected chi connectivity index (χ4v) is 3.47. The second-order valence-corrected chi connectivity index (χ2v) is 7.43. The first-order chi connectivity index (χ1) is 14.1. The third-order valence-electron chi connectivity index (χ3n) is 5.00. The van der Waals surface area contributed by atoms with Gasteiger partial charge in [-0.05, 0) is 46.4 Å². The molecule has 3 rings (SSSR count). The molecule has 29 heavy (non-hydrogen) atoms. The van der Waals surface area contributed by atoms with Gasteiger partial charge in [0.05, 0.1) is 19.3 Å². The van der Waals surface area contributed by atoms with E-state index in [1.807, 2.05) is 30.3 Å². The summed E-state index contributed by atoms with van der Waals surface area (Å²) in [5.74, 6) is 0. The molecule has 3 N–H and O–H groups in total. The molecule has 0 aliphatic rings. The average molecular weight is 408 g/mol. The molecule has 0 bridgehead atoms. The van der Waals surface area contributed by atoms with E-state index in [1.165, 1.54) is 16.7 Å². The molecule has 4 heteroatoms. The van der Waals surface area contributed by atoms with Gasteiger partial charge in [0.2, 0.25) is 0 Å². The van der Waals surface area contributed by atoms with Crippen molar-refractivity contribution < 1.29 is 10.2 Å². The smallest absolute Gasteiger partial charge is 0.0607 e. The quantitative estimate of drug-likeness (QED) is 0.464. The van der Waals surface area contributed by atoms with Crippen molar-refractivity contribution in [1.29, 1.82) is 0 Å². The fraction of sp³-hybridized carbons (Fsp3) is 0.200. The normalized spacial score (nSPS) is 11.5. The van der Waals surface area contributed by atoms with Crippen molar-refractivity contribution >= 4 is 23.8 Å². The van der Waals surface area contributed by atoms with Gasteiger partial charge in [0, 0.05) is 11.6 Å². The van der Waals surface area contributed by atoms with E-state index in [0.29, 0.717) is 11.6 Å². The minimum Gasteiger partial charge on any atom is -0.395 e. The molecule has 0 fully saturated rings. The van der Waals surface area contributed by atoms with Crippen LogP contribution in [0.2, 0.25) is 5.02 Å². The zero-order chi connectivity index (χ0) is 20.6. The standard InChI is InChI=1S/C25H26ClNO2/c1-18-20(8-5-9-24(18)21-6-3-2-4-7-21)12-13-22-11-10-19(14-25(22)26)15-27-23(16-28)17-29/h2-14,23,27-29H,15-17H2,1H3/b13-12+. The van der Waals surface area contributed by atoms with Crippen LogP contribution in [0.25, 0.3) is 23.3 Å². The highest BCUT2D eigenvalue weighted by Crippen LogP contribution is 2.27. The highest BCUT2D eigenvalue weighted by atomic mass is 35.5. The first kappa shape index (κ1) is 21.3. The van der Waals surface area contributed by atoms with E-state index in [4.69, 9.17) is 21.8 Å². The molecule has 0 unspecified atom stereocenters. The summed E-state index contributed by atoms with van der Waals surface area (Å²) in [7, 11) is 0. The van der Waals surface area contributed by atoms with Crippen LogP contribution in [0.1, 0.15) is 22.3 Å². The summed E-state index contributed by atoms with van der Waals surface area (Å²) in [4.78, 5) is 0. The molecule has 0 amide bonds. The third kappa shape index (κ3) is 5.55. The van der Waals surface area contributed by atoms with Crippen molar-refractivity contribution in [3.05, 3.63) is 94.0 Å². The monoisotopic (exact) mass is 407 g/mol. The molecular formula is C25H26ClNO2. The van der Waals surface area contributed by atoms with Gasteiger partial charge in [0.15, 0.2) is 0 Å². The van der Waals surface area contributed by atoms with Crippen molar-refractivity contribution in [3.8, 4) is 11.1 Å². The number of aliphatic hydroxyl groups excluding tert-OH is 2. The van der Waals surface area contributed by atoms with Gasteiger partial charge in [-0.3, -0.25) is 0 Å². The Labute approximate surface area is 177 Å². The summed E-state index contributed by atoms with van der Waals surface area (Å²) in [6, 6.07) is 22.3. The minimum atomic E-state index is -0.326. The lowest BCUT2D eigenvalue weighted by molar-refractivity contribution is 0.170. The Morgan fingerprint density at radius 2 is 1.62 bits per heavy atom. The summed E-state index contributed by atoms with van der Waals surface area (Å²) in [5.41, 5.74) is 6.76. The van der Waals surface area contributed by atoms with Crippen LogP contribution in [0.5, 0.6) is 0 Å². The Morgan fingerprint density at radius 3 is 2.31 bits per heavy atom. The number of hydrogen-bond acceptors (Lipinski definition) is 3. The van der Waals surface area contributed by atoms with Gasteiger partial charge in [-0.2, -0.15) is 0 Å². The van der Waals surface area contributed by atoms with E-state index in [0.717, 1.165) is 16.7 Å². The summed E-state index contributed by atoms with van der Waals surface area (Å²) >= 11 is 6.47. The lowest BCUT2D eigenvalue weighted by Crippen LogP contribution is -2.35. The molecule has 0 aliphatic heterocycles. The van der Waals surface area contributed by atoms with Gasteiger partial charge < -0.3 is 15.5 Å². The summed E-state index contributed by atoms with van der Waals surface area (Å²) in [6.45, 7) is 2.46. The molecule has 3 nitrogen and oxygen atoms in total. The molecule has 0 radical (unpaired) electrons. The van der Waals surface area contributed by atoms with Gasteiger partial charge in [0.1, 0.15) is 0 Å². The van der Waals surface area contributed by atoms with Crippen LogP contribution in [-0.4, -0.2) is 29.5 Å². The topological polar surface area (TPSA) is 52.5 Å². The molecule has 0 heterocycles. The molecule has 150 valence electrons. The van der Waals surface area contributed by atoms with Crippen LogP contribution < -0.4 is 5.32 Å². The molecule has 3 aromatic carbocycles. The predicted octanol–water partition coefficient (Wildman–Crippen LogP) is 4.93. The Hall–Kier alpha value is -2.43. The summed E-state index contributed by atoms with van der Waals surface area (Å²) in [6.07, 6.45) is 4.12. The Bertz CT molecular complexity index is 966. The predicted molar refractivity (Wildman–Crippen MR) is 122 cm³/mol. The van der Waals surface area contributed by atoms with Crippen molar-refractivity contribution in [2.75, 3.05) is 13.2 Å².